The standard InChI is InChI=1S/C25H22N4O11S3.Na.H/c1-3-40-22-14-21(27-26-19-11-10-15(29(31)32)12-23(19)41(2,33)34)24-18(25(22)30)8-5-9-20(24)28-42(35,36)16-6-4-7-17(13-16)43(37,38)39;;/h4-14,28,30H,3H2,1-2H3,(H,37,38,39);;. The fourth-order valence-electron chi connectivity index (χ4n) is 3.96. The van der Waals surface area contributed by atoms with Crippen LogP contribution in [0.2, 0.25) is 0 Å². The number of aromatic hydroxyl groups is 1. The summed E-state index contributed by atoms with van der Waals surface area (Å²) >= 11 is 0. The van der Waals surface area contributed by atoms with Crippen molar-refractivity contribution in [2.75, 3.05) is 17.6 Å². The molecule has 0 radical (unpaired) electrons. The number of nitrogens with one attached hydrogen (secondary N) is 1. The van der Waals surface area contributed by atoms with Crippen molar-refractivity contribution in [2.24, 2.45) is 10.2 Å². The zero-order chi connectivity index (χ0) is 31.7. The molecular formula is C25H23N4NaO11S3. The van der Waals surface area contributed by atoms with Gasteiger partial charge in [-0.1, -0.05) is 18.2 Å². The molecule has 228 valence electrons. The SMILES string of the molecule is CCOc1cc(N=Nc2ccc([N+](=O)[O-])cc2S(C)(=O)=O)c2c(NS(=O)(=O)c3cccc(S(=O)(=O)O)c3)cccc2c1O.[NaH]. The summed E-state index contributed by atoms with van der Waals surface area (Å²) < 4.78 is 91.4. The van der Waals surface area contributed by atoms with E-state index in [9.17, 15) is 45.0 Å². The molecule has 0 unspecified atom stereocenters. The molecule has 3 N–H and O–H groups in total. The number of anilines is 1. The molecule has 44 heavy (non-hydrogen) atoms. The minimum atomic E-state index is -4.72. The molecule has 0 atom stereocenters. The van der Waals surface area contributed by atoms with Gasteiger partial charge >= 0.3 is 29.6 Å². The average molecular weight is 675 g/mol. The second-order valence-corrected chi connectivity index (χ2v) is 13.9. The third-order valence-corrected chi connectivity index (χ3v) is 9.19. The summed E-state index contributed by atoms with van der Waals surface area (Å²) in [4.78, 5) is 8.75. The van der Waals surface area contributed by atoms with Gasteiger partial charge in [0.15, 0.2) is 21.3 Å². The Morgan fingerprint density at radius 3 is 2.16 bits per heavy atom. The summed E-state index contributed by atoms with van der Waals surface area (Å²) in [5, 5.41) is 30.2. The van der Waals surface area contributed by atoms with Gasteiger partial charge in [-0.2, -0.15) is 8.42 Å². The predicted molar refractivity (Wildman–Crippen MR) is 161 cm³/mol. The van der Waals surface area contributed by atoms with Crippen LogP contribution >= 0.6 is 0 Å². The first-order chi connectivity index (χ1) is 20.0. The summed E-state index contributed by atoms with van der Waals surface area (Å²) in [5.41, 5.74) is -0.997. The molecule has 0 aliphatic carbocycles. The normalized spacial score (nSPS) is 12.2. The molecule has 0 saturated carbocycles. The number of non-ortho nitro benzene ring substituents is 1. The molecule has 0 amide bonds. The van der Waals surface area contributed by atoms with Crippen molar-refractivity contribution in [3.63, 3.8) is 0 Å². The number of fused-ring (bicyclic) bond motifs is 1. The molecule has 0 aromatic heterocycles. The van der Waals surface area contributed by atoms with E-state index in [-0.39, 0.29) is 75.5 Å². The number of hydrogen-bond donors (Lipinski definition) is 3. The number of ether oxygens (including phenoxy) is 1. The van der Waals surface area contributed by atoms with E-state index in [0.29, 0.717) is 0 Å². The summed E-state index contributed by atoms with van der Waals surface area (Å²) in [6.45, 7) is 1.76. The number of phenols is 1. The number of hydrogen-bond acceptors (Lipinski definition) is 12. The summed E-state index contributed by atoms with van der Waals surface area (Å²) in [6, 6.07) is 12.3. The number of nitro groups is 1. The Morgan fingerprint density at radius 2 is 1.55 bits per heavy atom. The van der Waals surface area contributed by atoms with E-state index in [2.05, 4.69) is 15.0 Å². The quantitative estimate of drug-likeness (QED) is 0.0713. The van der Waals surface area contributed by atoms with Crippen molar-refractivity contribution in [1.29, 1.82) is 0 Å². The first-order valence-electron chi connectivity index (χ1n) is 11.9. The van der Waals surface area contributed by atoms with E-state index in [1.807, 2.05) is 0 Å². The molecule has 0 fully saturated rings. The average Bonchev–Trinajstić information content (AvgIpc) is 2.93. The van der Waals surface area contributed by atoms with Crippen LogP contribution in [-0.2, 0) is 30.0 Å². The number of nitro benzene ring substituents is 1. The number of nitrogens with zero attached hydrogens (tertiary/aromatic N) is 3. The molecule has 4 aromatic carbocycles. The number of benzene rings is 4. The number of sulfone groups is 1. The van der Waals surface area contributed by atoms with Gasteiger partial charge in [0.05, 0.1) is 32.7 Å². The predicted octanol–water partition coefficient (Wildman–Crippen LogP) is 4.07. The molecule has 0 saturated heterocycles. The molecule has 0 aliphatic heterocycles. The van der Waals surface area contributed by atoms with E-state index in [1.54, 1.807) is 6.92 Å². The van der Waals surface area contributed by atoms with Crippen molar-refractivity contribution in [1.82, 2.24) is 0 Å². The van der Waals surface area contributed by atoms with Crippen LogP contribution in [0, 0.1) is 10.1 Å². The Kier molecular flexibility index (Phi) is 10.4. The van der Waals surface area contributed by atoms with E-state index in [1.165, 1.54) is 24.3 Å². The maximum absolute atomic E-state index is 13.3. The van der Waals surface area contributed by atoms with Crippen molar-refractivity contribution in [2.45, 2.75) is 21.6 Å². The van der Waals surface area contributed by atoms with Gasteiger partial charge in [-0.15, -0.1) is 10.2 Å². The number of phenolic OH excluding ortho intramolecular Hbond substituents is 1. The van der Waals surface area contributed by atoms with Crippen LogP contribution in [0.3, 0.4) is 0 Å². The van der Waals surface area contributed by atoms with E-state index < -0.39 is 55.3 Å². The van der Waals surface area contributed by atoms with Crippen molar-refractivity contribution >= 4 is 93.1 Å². The van der Waals surface area contributed by atoms with Crippen LogP contribution in [0.5, 0.6) is 11.5 Å². The Morgan fingerprint density at radius 1 is 0.909 bits per heavy atom. The van der Waals surface area contributed by atoms with Gasteiger partial charge in [-0.05, 0) is 37.3 Å². The Bertz CT molecular complexity index is 2140. The topological polar surface area (TPSA) is 232 Å². The van der Waals surface area contributed by atoms with Crippen LogP contribution in [0.15, 0.2) is 91.6 Å². The molecule has 0 spiro atoms. The zero-order valence-corrected chi connectivity index (χ0v) is 24.6. The Balaban J connectivity index is 0.00000529. The first kappa shape index (κ1) is 34.8. The molecule has 4 aromatic rings. The Labute approximate surface area is 273 Å². The third-order valence-electron chi connectivity index (χ3n) is 5.85. The van der Waals surface area contributed by atoms with Crippen molar-refractivity contribution < 1.29 is 44.6 Å². The first-order valence-corrected chi connectivity index (χ1v) is 16.8. The van der Waals surface area contributed by atoms with Crippen LogP contribution < -0.4 is 9.46 Å². The van der Waals surface area contributed by atoms with Crippen LogP contribution in [0.1, 0.15) is 6.92 Å². The molecule has 15 nitrogen and oxygen atoms in total. The van der Waals surface area contributed by atoms with Gasteiger partial charge in [-0.25, -0.2) is 16.8 Å². The summed E-state index contributed by atoms with van der Waals surface area (Å²) in [5.74, 6) is -0.436. The monoisotopic (exact) mass is 674 g/mol. The van der Waals surface area contributed by atoms with E-state index >= 15 is 0 Å². The summed E-state index contributed by atoms with van der Waals surface area (Å²) in [7, 11) is -13.2. The van der Waals surface area contributed by atoms with Crippen molar-refractivity contribution in [3.05, 3.63) is 76.8 Å². The third kappa shape index (κ3) is 7.52. The molecule has 0 aliphatic rings. The molecule has 19 heteroatoms. The van der Waals surface area contributed by atoms with Gasteiger partial charge in [0.25, 0.3) is 25.8 Å². The van der Waals surface area contributed by atoms with Gasteiger partial charge in [-0.3, -0.25) is 19.4 Å². The molecule has 0 heterocycles. The van der Waals surface area contributed by atoms with Gasteiger partial charge in [0.2, 0.25) is 0 Å². The Hall–Kier alpha value is -3.65. The molecular weight excluding hydrogens is 651 g/mol. The van der Waals surface area contributed by atoms with Gasteiger partial charge in [0, 0.05) is 35.2 Å². The van der Waals surface area contributed by atoms with Crippen LogP contribution in [-0.4, -0.2) is 82.3 Å². The van der Waals surface area contributed by atoms with Crippen LogP contribution in [0.4, 0.5) is 22.7 Å². The number of rotatable bonds is 10. The van der Waals surface area contributed by atoms with Gasteiger partial charge < -0.3 is 9.84 Å². The minimum absolute atomic E-state index is 0. The van der Waals surface area contributed by atoms with E-state index in [4.69, 9.17) is 4.74 Å². The number of sulfonamides is 1. The molecule has 0 bridgehead atoms. The molecule has 4 rings (SSSR count). The second kappa shape index (κ2) is 13.1. The summed E-state index contributed by atoms with van der Waals surface area (Å²) in [6.07, 6.45) is 0.831. The zero-order valence-electron chi connectivity index (χ0n) is 22.2. The van der Waals surface area contributed by atoms with Crippen LogP contribution in [0.25, 0.3) is 10.8 Å². The van der Waals surface area contributed by atoms with E-state index in [0.717, 1.165) is 48.7 Å². The number of azo groups is 1. The maximum atomic E-state index is 13.3. The second-order valence-electron chi connectivity index (χ2n) is 8.84. The van der Waals surface area contributed by atoms with Crippen molar-refractivity contribution in [3.8, 4) is 11.5 Å². The fourth-order valence-corrected chi connectivity index (χ4v) is 6.50. The van der Waals surface area contributed by atoms with Gasteiger partial charge in [0.1, 0.15) is 10.6 Å². The fraction of sp³-hybridized carbons (Fsp3) is 0.120.